The summed E-state index contributed by atoms with van der Waals surface area (Å²) in [4.78, 5) is 3.97. The largest absolute Gasteiger partial charge is 0.328 e. The predicted molar refractivity (Wildman–Crippen MR) is 53.1 cm³/mol. The number of rotatable bonds is 3. The van der Waals surface area contributed by atoms with Gasteiger partial charge in [-0.2, -0.15) is 0 Å². The Labute approximate surface area is 87.5 Å². The van der Waals surface area contributed by atoms with Gasteiger partial charge >= 0.3 is 0 Å². The second-order valence-electron chi connectivity index (χ2n) is 4.31. The number of hydrogen-bond donors (Lipinski definition) is 1. The third-order valence-electron chi connectivity index (χ3n) is 3.03. The fraction of sp³-hybridized carbons (Fsp3) is 0.700. The fourth-order valence-corrected chi connectivity index (χ4v) is 2.15. The van der Waals surface area contributed by atoms with Crippen molar-refractivity contribution in [2.75, 3.05) is 13.1 Å². The molecule has 84 valence electrons. The van der Waals surface area contributed by atoms with Crippen LogP contribution >= 0.6 is 0 Å². The molecule has 2 heterocycles. The van der Waals surface area contributed by atoms with Crippen LogP contribution in [0.5, 0.6) is 0 Å². The van der Waals surface area contributed by atoms with E-state index in [0.717, 1.165) is 25.2 Å². The summed E-state index contributed by atoms with van der Waals surface area (Å²) in [6.07, 6.45) is 1.85. The standard InChI is InChI=1S/C10H15F2N3/c1-10(2-3-13-6-10)8-4-14-7-15(8)5-9(11)12/h4,7,9,13H,2-3,5-6H2,1H3. The van der Waals surface area contributed by atoms with Gasteiger partial charge in [0.2, 0.25) is 0 Å². The molecule has 0 bridgehead atoms. The predicted octanol–water partition coefficient (Wildman–Crippen LogP) is 1.40. The first kappa shape index (κ1) is 10.5. The Bertz CT molecular complexity index is 329. The van der Waals surface area contributed by atoms with Crippen molar-refractivity contribution in [1.29, 1.82) is 0 Å². The zero-order valence-electron chi connectivity index (χ0n) is 8.71. The van der Waals surface area contributed by atoms with Crippen LogP contribution in [0, 0.1) is 0 Å². The lowest BCUT2D eigenvalue weighted by molar-refractivity contribution is 0.124. The highest BCUT2D eigenvalue weighted by Crippen LogP contribution is 2.29. The van der Waals surface area contributed by atoms with E-state index in [0.29, 0.717) is 0 Å². The lowest BCUT2D eigenvalue weighted by Gasteiger charge is -2.24. The molecule has 3 nitrogen and oxygen atoms in total. The summed E-state index contributed by atoms with van der Waals surface area (Å²) in [5.74, 6) is 0. The maximum absolute atomic E-state index is 12.3. The highest BCUT2D eigenvalue weighted by molar-refractivity contribution is 5.17. The van der Waals surface area contributed by atoms with Crippen LogP contribution in [0.25, 0.3) is 0 Å². The van der Waals surface area contributed by atoms with Gasteiger partial charge in [0.05, 0.1) is 12.9 Å². The van der Waals surface area contributed by atoms with Crippen molar-refractivity contribution in [2.45, 2.75) is 31.7 Å². The second-order valence-corrected chi connectivity index (χ2v) is 4.31. The third kappa shape index (κ3) is 2.02. The summed E-state index contributed by atoms with van der Waals surface area (Å²) >= 11 is 0. The molecule has 0 aliphatic carbocycles. The molecule has 15 heavy (non-hydrogen) atoms. The van der Waals surface area contributed by atoms with Crippen molar-refractivity contribution in [1.82, 2.24) is 14.9 Å². The SMILES string of the molecule is CC1(c2cncn2CC(F)F)CCNC1. The average Bonchev–Trinajstić information content (AvgIpc) is 2.73. The maximum Gasteiger partial charge on any atom is 0.256 e. The Morgan fingerprint density at radius 2 is 2.47 bits per heavy atom. The molecule has 1 saturated heterocycles. The third-order valence-corrected chi connectivity index (χ3v) is 3.03. The molecule has 1 aliphatic heterocycles. The number of aromatic nitrogens is 2. The minimum absolute atomic E-state index is 0.0502. The van der Waals surface area contributed by atoms with Crippen LogP contribution in [0.1, 0.15) is 19.0 Å². The van der Waals surface area contributed by atoms with Gasteiger partial charge in [0.1, 0.15) is 0 Å². The number of nitrogens with zero attached hydrogens (tertiary/aromatic N) is 2. The van der Waals surface area contributed by atoms with Gasteiger partial charge in [0, 0.05) is 23.9 Å². The van der Waals surface area contributed by atoms with E-state index >= 15 is 0 Å². The molecular weight excluding hydrogens is 200 g/mol. The van der Waals surface area contributed by atoms with E-state index in [1.807, 2.05) is 0 Å². The van der Waals surface area contributed by atoms with E-state index < -0.39 is 6.43 Å². The fourth-order valence-electron chi connectivity index (χ4n) is 2.15. The smallest absolute Gasteiger partial charge is 0.256 e. The van der Waals surface area contributed by atoms with Crippen LogP contribution in [0.2, 0.25) is 0 Å². The molecule has 0 radical (unpaired) electrons. The number of halogens is 2. The van der Waals surface area contributed by atoms with E-state index in [2.05, 4.69) is 17.2 Å². The van der Waals surface area contributed by atoms with E-state index in [1.165, 1.54) is 6.33 Å². The number of alkyl halides is 2. The normalized spacial score (nSPS) is 26.4. The minimum atomic E-state index is -2.32. The lowest BCUT2D eigenvalue weighted by atomic mass is 9.86. The molecule has 1 aromatic rings. The monoisotopic (exact) mass is 215 g/mol. The molecule has 1 atom stereocenters. The van der Waals surface area contributed by atoms with Crippen LogP contribution in [0.3, 0.4) is 0 Å². The van der Waals surface area contributed by atoms with Gasteiger partial charge in [-0.25, -0.2) is 13.8 Å². The first-order valence-electron chi connectivity index (χ1n) is 5.11. The Morgan fingerprint density at radius 1 is 1.67 bits per heavy atom. The summed E-state index contributed by atoms with van der Waals surface area (Å²) in [5, 5.41) is 3.25. The molecule has 1 aromatic heterocycles. The Morgan fingerprint density at radius 3 is 3.07 bits per heavy atom. The van der Waals surface area contributed by atoms with E-state index in [4.69, 9.17) is 0 Å². The van der Waals surface area contributed by atoms with Gasteiger partial charge in [-0.15, -0.1) is 0 Å². The topological polar surface area (TPSA) is 29.9 Å². The van der Waals surface area contributed by atoms with Gasteiger partial charge in [-0.3, -0.25) is 0 Å². The minimum Gasteiger partial charge on any atom is -0.328 e. The van der Waals surface area contributed by atoms with Crippen LogP contribution < -0.4 is 5.32 Å². The number of nitrogens with one attached hydrogen (secondary N) is 1. The summed E-state index contributed by atoms with van der Waals surface area (Å²) in [6.45, 7) is 3.61. The molecular formula is C10H15F2N3. The highest BCUT2D eigenvalue weighted by atomic mass is 19.3. The van der Waals surface area contributed by atoms with E-state index in [9.17, 15) is 8.78 Å². The number of imidazole rings is 1. The molecule has 1 aliphatic rings. The van der Waals surface area contributed by atoms with Gasteiger partial charge in [0.25, 0.3) is 6.43 Å². The van der Waals surface area contributed by atoms with Crippen molar-refractivity contribution in [2.24, 2.45) is 0 Å². The Balaban J connectivity index is 2.23. The van der Waals surface area contributed by atoms with Crippen LogP contribution in [0.4, 0.5) is 8.78 Å². The molecule has 1 fully saturated rings. The summed E-state index contributed by atoms with van der Waals surface area (Å²) in [6, 6.07) is 0. The highest BCUT2D eigenvalue weighted by Gasteiger charge is 2.33. The molecule has 0 amide bonds. The van der Waals surface area contributed by atoms with Crippen molar-refractivity contribution in [3.63, 3.8) is 0 Å². The van der Waals surface area contributed by atoms with Crippen LogP contribution in [0.15, 0.2) is 12.5 Å². The van der Waals surface area contributed by atoms with Crippen molar-refractivity contribution < 1.29 is 8.78 Å². The molecule has 0 aromatic carbocycles. The van der Waals surface area contributed by atoms with Gasteiger partial charge < -0.3 is 9.88 Å². The van der Waals surface area contributed by atoms with Crippen molar-refractivity contribution in [3.8, 4) is 0 Å². The summed E-state index contributed by atoms with van der Waals surface area (Å²) < 4.78 is 26.2. The van der Waals surface area contributed by atoms with Crippen molar-refractivity contribution >= 4 is 0 Å². The van der Waals surface area contributed by atoms with E-state index in [-0.39, 0.29) is 12.0 Å². The van der Waals surface area contributed by atoms with Gasteiger partial charge in [-0.1, -0.05) is 6.92 Å². The summed E-state index contributed by atoms with van der Waals surface area (Å²) in [5.41, 5.74) is 0.860. The zero-order chi connectivity index (χ0) is 10.9. The average molecular weight is 215 g/mol. The zero-order valence-corrected chi connectivity index (χ0v) is 8.71. The summed E-state index contributed by atoms with van der Waals surface area (Å²) in [7, 11) is 0. The first-order valence-corrected chi connectivity index (χ1v) is 5.11. The van der Waals surface area contributed by atoms with Gasteiger partial charge in [-0.05, 0) is 13.0 Å². The molecule has 0 saturated carbocycles. The molecule has 0 spiro atoms. The first-order chi connectivity index (χ1) is 7.12. The second kappa shape index (κ2) is 3.89. The quantitative estimate of drug-likeness (QED) is 0.826. The van der Waals surface area contributed by atoms with Gasteiger partial charge in [0.15, 0.2) is 0 Å². The number of hydrogen-bond acceptors (Lipinski definition) is 2. The van der Waals surface area contributed by atoms with E-state index in [1.54, 1.807) is 10.8 Å². The van der Waals surface area contributed by atoms with Crippen LogP contribution in [-0.2, 0) is 12.0 Å². The van der Waals surface area contributed by atoms with Crippen molar-refractivity contribution in [3.05, 3.63) is 18.2 Å². The Kier molecular flexibility index (Phi) is 2.73. The maximum atomic E-state index is 12.3. The Hall–Kier alpha value is -0.970. The molecule has 1 unspecified atom stereocenters. The molecule has 5 heteroatoms. The lowest BCUT2D eigenvalue weighted by Crippen LogP contribution is -2.28. The molecule has 2 rings (SSSR count). The molecule has 1 N–H and O–H groups in total. The van der Waals surface area contributed by atoms with Crippen LogP contribution in [-0.4, -0.2) is 29.1 Å².